The van der Waals surface area contributed by atoms with Crippen LogP contribution in [0.2, 0.25) is 5.02 Å². The van der Waals surface area contributed by atoms with Crippen molar-refractivity contribution in [3.63, 3.8) is 0 Å². The number of benzene rings is 1. The second-order valence-electron chi connectivity index (χ2n) is 4.34. The monoisotopic (exact) mass is 304 g/mol. The normalized spacial score (nSPS) is 18.3. The second-order valence-corrected chi connectivity index (χ2v) is 4.75. The van der Waals surface area contributed by atoms with Gasteiger partial charge in [-0.25, -0.2) is 0 Å². The van der Waals surface area contributed by atoms with Gasteiger partial charge in [0.25, 0.3) is 0 Å². The Morgan fingerprint density at radius 2 is 2.26 bits per heavy atom. The average Bonchev–Trinajstić information content (AvgIpc) is 2.40. The van der Waals surface area contributed by atoms with Gasteiger partial charge in [-0.3, -0.25) is 4.79 Å². The number of methoxy groups -OCH3 is 1. The van der Waals surface area contributed by atoms with Crippen LogP contribution in [0.15, 0.2) is 18.2 Å². The first-order valence-electron chi connectivity index (χ1n) is 6.08. The summed E-state index contributed by atoms with van der Waals surface area (Å²) in [4.78, 5) is 12.0. The molecule has 19 heavy (non-hydrogen) atoms. The van der Waals surface area contributed by atoms with Crippen molar-refractivity contribution in [2.45, 2.75) is 25.3 Å². The summed E-state index contributed by atoms with van der Waals surface area (Å²) in [7, 11) is 1.56. The van der Waals surface area contributed by atoms with E-state index in [1.54, 1.807) is 25.3 Å². The quantitative estimate of drug-likeness (QED) is 0.903. The van der Waals surface area contributed by atoms with E-state index in [-0.39, 0.29) is 24.4 Å². The predicted octanol–water partition coefficient (Wildman–Crippen LogP) is 2.85. The second kappa shape index (κ2) is 7.58. The molecule has 1 fully saturated rings. The Labute approximate surface area is 124 Å². The van der Waals surface area contributed by atoms with E-state index in [4.69, 9.17) is 16.3 Å². The van der Waals surface area contributed by atoms with E-state index in [0.717, 1.165) is 25.8 Å². The molecule has 4 nitrogen and oxygen atoms in total. The molecule has 1 atom stereocenters. The number of carbonyl (C=O) groups excluding carboxylic acids is 1. The van der Waals surface area contributed by atoms with Crippen LogP contribution in [0.25, 0.3) is 0 Å². The number of nitrogens with one attached hydrogen (secondary N) is 2. The van der Waals surface area contributed by atoms with Crippen molar-refractivity contribution < 1.29 is 9.53 Å². The average molecular weight is 305 g/mol. The summed E-state index contributed by atoms with van der Waals surface area (Å²) in [6.45, 7) is 0.904. The SMILES string of the molecule is COc1ccc(NC(=O)[C@H]2CCCCN2)cc1Cl.Cl. The van der Waals surface area contributed by atoms with Crippen LogP contribution >= 0.6 is 24.0 Å². The van der Waals surface area contributed by atoms with Crippen molar-refractivity contribution in [2.24, 2.45) is 0 Å². The third-order valence-corrected chi connectivity index (χ3v) is 3.34. The zero-order valence-electron chi connectivity index (χ0n) is 10.7. The summed E-state index contributed by atoms with van der Waals surface area (Å²) in [6, 6.07) is 5.12. The first-order chi connectivity index (χ1) is 8.70. The van der Waals surface area contributed by atoms with Crippen LogP contribution in [0.1, 0.15) is 19.3 Å². The minimum Gasteiger partial charge on any atom is -0.495 e. The molecule has 0 aromatic heterocycles. The molecule has 106 valence electrons. The fourth-order valence-corrected chi connectivity index (χ4v) is 2.31. The smallest absolute Gasteiger partial charge is 0.241 e. The van der Waals surface area contributed by atoms with Crippen LogP contribution in [0.5, 0.6) is 5.75 Å². The lowest BCUT2D eigenvalue weighted by molar-refractivity contribution is -0.118. The first-order valence-corrected chi connectivity index (χ1v) is 6.46. The maximum Gasteiger partial charge on any atom is 0.241 e. The molecule has 1 amide bonds. The standard InChI is InChI=1S/C13H17ClN2O2.ClH/c1-18-12-6-5-9(8-10(12)14)16-13(17)11-4-2-3-7-15-11;/h5-6,8,11,15H,2-4,7H2,1H3,(H,16,17);1H/t11-;/m1./s1. The molecule has 1 aliphatic rings. The molecule has 0 saturated carbocycles. The lowest BCUT2D eigenvalue weighted by Gasteiger charge is -2.22. The van der Waals surface area contributed by atoms with Crippen LogP contribution in [0, 0.1) is 0 Å². The fraction of sp³-hybridized carbons (Fsp3) is 0.462. The highest BCUT2D eigenvalue weighted by molar-refractivity contribution is 6.32. The van der Waals surface area contributed by atoms with Crippen LogP contribution in [0.3, 0.4) is 0 Å². The molecule has 0 aliphatic carbocycles. The van der Waals surface area contributed by atoms with Gasteiger partial charge in [0.05, 0.1) is 18.2 Å². The van der Waals surface area contributed by atoms with Crippen LogP contribution in [-0.4, -0.2) is 25.6 Å². The van der Waals surface area contributed by atoms with E-state index in [0.29, 0.717) is 16.5 Å². The summed E-state index contributed by atoms with van der Waals surface area (Å²) in [5.41, 5.74) is 0.693. The highest BCUT2D eigenvalue weighted by Gasteiger charge is 2.20. The number of hydrogen-bond donors (Lipinski definition) is 2. The molecule has 0 spiro atoms. The largest absolute Gasteiger partial charge is 0.495 e. The Balaban J connectivity index is 0.00000180. The van der Waals surface area contributed by atoms with Gasteiger partial charge in [0.2, 0.25) is 5.91 Å². The number of amides is 1. The molecule has 0 radical (unpaired) electrons. The van der Waals surface area contributed by atoms with Crippen molar-refractivity contribution in [3.8, 4) is 5.75 Å². The van der Waals surface area contributed by atoms with Crippen LogP contribution in [0.4, 0.5) is 5.69 Å². The Morgan fingerprint density at radius 1 is 1.47 bits per heavy atom. The number of anilines is 1. The van der Waals surface area contributed by atoms with Crippen molar-refractivity contribution >= 4 is 35.6 Å². The minimum absolute atomic E-state index is 0. The summed E-state index contributed by atoms with van der Waals surface area (Å²) in [6.07, 6.45) is 3.11. The Hall–Kier alpha value is -0.970. The zero-order chi connectivity index (χ0) is 13.0. The van der Waals surface area contributed by atoms with Gasteiger partial charge in [0.15, 0.2) is 0 Å². The van der Waals surface area contributed by atoms with Gasteiger partial charge in [-0.05, 0) is 37.6 Å². The van der Waals surface area contributed by atoms with Crippen molar-refractivity contribution in [1.29, 1.82) is 0 Å². The van der Waals surface area contributed by atoms with Gasteiger partial charge in [-0.15, -0.1) is 12.4 Å². The van der Waals surface area contributed by atoms with Crippen LogP contribution < -0.4 is 15.4 Å². The molecular formula is C13H18Cl2N2O2. The summed E-state index contributed by atoms with van der Waals surface area (Å²) in [5, 5.41) is 6.56. The predicted molar refractivity (Wildman–Crippen MR) is 79.5 cm³/mol. The molecule has 1 aromatic rings. The van der Waals surface area contributed by atoms with E-state index in [1.165, 1.54) is 0 Å². The molecule has 0 bridgehead atoms. The van der Waals surface area contributed by atoms with E-state index in [9.17, 15) is 4.79 Å². The molecular weight excluding hydrogens is 287 g/mol. The molecule has 1 aromatic carbocycles. The highest BCUT2D eigenvalue weighted by atomic mass is 35.5. The Bertz CT molecular complexity index is 435. The highest BCUT2D eigenvalue weighted by Crippen LogP contribution is 2.27. The van der Waals surface area contributed by atoms with Crippen molar-refractivity contribution in [2.75, 3.05) is 19.0 Å². The van der Waals surface area contributed by atoms with Crippen molar-refractivity contribution in [1.82, 2.24) is 5.32 Å². The van der Waals surface area contributed by atoms with E-state index >= 15 is 0 Å². The zero-order valence-corrected chi connectivity index (χ0v) is 12.3. The topological polar surface area (TPSA) is 50.4 Å². The summed E-state index contributed by atoms with van der Waals surface area (Å²) in [5.74, 6) is 0.599. The molecule has 1 heterocycles. The third-order valence-electron chi connectivity index (χ3n) is 3.05. The number of piperidine rings is 1. The van der Waals surface area contributed by atoms with Gasteiger partial charge < -0.3 is 15.4 Å². The summed E-state index contributed by atoms with van der Waals surface area (Å²) >= 11 is 6.01. The maximum absolute atomic E-state index is 12.0. The van der Waals surface area contributed by atoms with E-state index in [2.05, 4.69) is 10.6 Å². The molecule has 0 unspecified atom stereocenters. The minimum atomic E-state index is -0.0976. The van der Waals surface area contributed by atoms with E-state index in [1.807, 2.05) is 0 Å². The Morgan fingerprint density at radius 3 is 2.84 bits per heavy atom. The number of hydrogen-bond acceptors (Lipinski definition) is 3. The molecule has 2 rings (SSSR count). The number of rotatable bonds is 3. The molecule has 1 aliphatic heterocycles. The van der Waals surface area contributed by atoms with Gasteiger partial charge in [0, 0.05) is 5.69 Å². The fourth-order valence-electron chi connectivity index (χ4n) is 2.05. The molecule has 6 heteroatoms. The van der Waals surface area contributed by atoms with Gasteiger partial charge >= 0.3 is 0 Å². The van der Waals surface area contributed by atoms with Gasteiger partial charge in [-0.2, -0.15) is 0 Å². The Kier molecular flexibility index (Phi) is 6.42. The van der Waals surface area contributed by atoms with E-state index < -0.39 is 0 Å². The third kappa shape index (κ3) is 4.27. The molecule has 2 N–H and O–H groups in total. The lowest BCUT2D eigenvalue weighted by Crippen LogP contribution is -2.43. The molecule has 1 saturated heterocycles. The number of halogens is 2. The maximum atomic E-state index is 12.0. The summed E-state index contributed by atoms with van der Waals surface area (Å²) < 4.78 is 5.06. The van der Waals surface area contributed by atoms with Gasteiger partial charge in [-0.1, -0.05) is 18.0 Å². The number of ether oxygens (including phenoxy) is 1. The van der Waals surface area contributed by atoms with Gasteiger partial charge in [0.1, 0.15) is 5.75 Å². The number of carbonyl (C=O) groups is 1. The van der Waals surface area contributed by atoms with Crippen LogP contribution in [-0.2, 0) is 4.79 Å². The lowest BCUT2D eigenvalue weighted by atomic mass is 10.0. The van der Waals surface area contributed by atoms with Crippen molar-refractivity contribution in [3.05, 3.63) is 23.2 Å². The first kappa shape index (κ1) is 16.1.